The number of aryl methyl sites for hydroxylation is 2. The van der Waals surface area contributed by atoms with Crippen molar-refractivity contribution in [2.24, 2.45) is 7.05 Å². The van der Waals surface area contributed by atoms with E-state index in [1.54, 1.807) is 13.0 Å². The van der Waals surface area contributed by atoms with Crippen molar-refractivity contribution in [1.29, 1.82) is 0 Å². The molecule has 3 aromatic heterocycles. The predicted molar refractivity (Wildman–Crippen MR) is 144 cm³/mol. The maximum Gasteiger partial charge on any atom is 0.280 e. The first-order chi connectivity index (χ1) is 18.6. The Hall–Kier alpha value is -4.47. The van der Waals surface area contributed by atoms with Crippen LogP contribution in [0.2, 0.25) is 0 Å². The van der Waals surface area contributed by atoms with E-state index in [4.69, 9.17) is 15.5 Å². The van der Waals surface area contributed by atoms with Gasteiger partial charge >= 0.3 is 0 Å². The lowest BCUT2D eigenvalue weighted by molar-refractivity contribution is 0.146. The number of aromatic nitrogens is 5. The highest BCUT2D eigenvalue weighted by molar-refractivity contribution is 5.85. The number of benzene rings is 2. The van der Waals surface area contributed by atoms with Gasteiger partial charge in [0.25, 0.3) is 6.43 Å². The van der Waals surface area contributed by atoms with Gasteiger partial charge in [-0.2, -0.15) is 4.98 Å². The average Bonchev–Trinajstić information content (AvgIpc) is 3.22. The molecule has 7 nitrogen and oxygen atoms in total. The van der Waals surface area contributed by atoms with Gasteiger partial charge in [0.1, 0.15) is 23.9 Å². The van der Waals surface area contributed by atoms with Gasteiger partial charge in [-0.15, -0.1) is 0 Å². The third-order valence-electron chi connectivity index (χ3n) is 6.49. The molecule has 0 bridgehead atoms. The molecule has 200 valence electrons. The van der Waals surface area contributed by atoms with Gasteiger partial charge in [0, 0.05) is 18.3 Å². The van der Waals surface area contributed by atoms with E-state index in [9.17, 15) is 13.2 Å². The van der Waals surface area contributed by atoms with E-state index < -0.39 is 17.9 Å². The number of hydrogen-bond acceptors (Lipinski definition) is 6. The minimum absolute atomic E-state index is 0.0286. The van der Waals surface area contributed by atoms with Crippen molar-refractivity contribution in [2.75, 3.05) is 5.73 Å². The zero-order valence-corrected chi connectivity index (χ0v) is 21.9. The lowest BCUT2D eigenvalue weighted by Gasteiger charge is -2.16. The molecule has 0 unspecified atom stereocenters. The van der Waals surface area contributed by atoms with Gasteiger partial charge in [0.2, 0.25) is 11.8 Å². The van der Waals surface area contributed by atoms with Crippen LogP contribution in [0.4, 0.5) is 19.1 Å². The predicted octanol–water partition coefficient (Wildman–Crippen LogP) is 6.76. The number of halogens is 3. The Morgan fingerprint density at radius 1 is 0.949 bits per heavy atom. The van der Waals surface area contributed by atoms with Crippen LogP contribution in [0.15, 0.2) is 54.6 Å². The molecule has 3 heterocycles. The summed E-state index contributed by atoms with van der Waals surface area (Å²) in [5.74, 6) is 0.497. The summed E-state index contributed by atoms with van der Waals surface area (Å²) in [5, 5.41) is 0. The number of anilines is 1. The first kappa shape index (κ1) is 26.1. The molecule has 0 atom stereocenters. The molecular formula is C29H27F3N6O. The second-order valence-corrected chi connectivity index (χ2v) is 9.59. The molecule has 5 aromatic rings. The molecule has 0 amide bonds. The molecule has 0 aliphatic carbocycles. The standard InChI is InChI=1S/C29H27F3N6O/c1-15(2)20-6-5-7-22-26(20)35-23(38(22)4)14-39-28-24(18-12-16(3)34-21(13-18)27(31)32)25(36-29(33)37-28)17-8-10-19(30)11-9-17/h5-13,15,27H,14H2,1-4H3,(H2,33,36,37). The highest BCUT2D eigenvalue weighted by Gasteiger charge is 2.22. The summed E-state index contributed by atoms with van der Waals surface area (Å²) >= 11 is 0. The number of pyridine rings is 1. The summed E-state index contributed by atoms with van der Waals surface area (Å²) in [6, 6.07) is 14.6. The van der Waals surface area contributed by atoms with Crippen molar-refractivity contribution in [3.8, 4) is 28.3 Å². The van der Waals surface area contributed by atoms with Gasteiger partial charge in [0.05, 0.1) is 22.3 Å². The Balaban J connectivity index is 1.65. The molecule has 39 heavy (non-hydrogen) atoms. The van der Waals surface area contributed by atoms with Crippen LogP contribution in [0, 0.1) is 12.7 Å². The third-order valence-corrected chi connectivity index (χ3v) is 6.49. The van der Waals surface area contributed by atoms with Crippen LogP contribution >= 0.6 is 0 Å². The molecule has 5 rings (SSSR count). The number of ether oxygens (including phenoxy) is 1. The second kappa shape index (κ2) is 10.4. The summed E-state index contributed by atoms with van der Waals surface area (Å²) in [6.07, 6.45) is -2.79. The fourth-order valence-electron chi connectivity index (χ4n) is 4.60. The molecule has 2 aromatic carbocycles. The Morgan fingerprint density at radius 2 is 1.69 bits per heavy atom. The summed E-state index contributed by atoms with van der Waals surface area (Å²) in [6.45, 7) is 5.87. The molecular weight excluding hydrogens is 505 g/mol. The lowest BCUT2D eigenvalue weighted by atomic mass is 9.99. The summed E-state index contributed by atoms with van der Waals surface area (Å²) < 4.78 is 49.2. The number of alkyl halides is 2. The summed E-state index contributed by atoms with van der Waals surface area (Å²) in [7, 11) is 1.90. The summed E-state index contributed by atoms with van der Waals surface area (Å²) in [5.41, 5.74) is 10.6. The van der Waals surface area contributed by atoms with Crippen molar-refractivity contribution >= 4 is 17.0 Å². The lowest BCUT2D eigenvalue weighted by Crippen LogP contribution is -2.08. The molecule has 0 aliphatic heterocycles. The number of nitrogen functional groups attached to an aromatic ring is 1. The number of nitrogens with two attached hydrogens (primary N) is 1. The molecule has 0 saturated carbocycles. The number of fused-ring (bicyclic) bond motifs is 1. The number of hydrogen-bond donors (Lipinski definition) is 1. The van der Waals surface area contributed by atoms with Crippen LogP contribution in [0.3, 0.4) is 0 Å². The maximum atomic E-state index is 13.7. The minimum Gasteiger partial charge on any atom is -0.469 e. The van der Waals surface area contributed by atoms with E-state index in [0.717, 1.165) is 16.6 Å². The Kier molecular flexibility index (Phi) is 6.94. The fraction of sp³-hybridized carbons (Fsp3) is 0.241. The van der Waals surface area contributed by atoms with E-state index in [1.807, 2.05) is 23.7 Å². The largest absolute Gasteiger partial charge is 0.469 e. The normalized spacial score (nSPS) is 11.6. The van der Waals surface area contributed by atoms with E-state index >= 15 is 0 Å². The highest BCUT2D eigenvalue weighted by Crippen LogP contribution is 2.39. The Morgan fingerprint density at radius 3 is 2.38 bits per heavy atom. The molecule has 10 heteroatoms. The number of nitrogens with zero attached hydrogens (tertiary/aromatic N) is 5. The highest BCUT2D eigenvalue weighted by atomic mass is 19.3. The van der Waals surface area contributed by atoms with Crippen molar-refractivity contribution in [3.05, 3.63) is 83.2 Å². The van der Waals surface area contributed by atoms with Crippen molar-refractivity contribution in [1.82, 2.24) is 24.5 Å². The van der Waals surface area contributed by atoms with Gasteiger partial charge in [-0.1, -0.05) is 26.0 Å². The van der Waals surface area contributed by atoms with E-state index in [-0.39, 0.29) is 24.4 Å². The quantitative estimate of drug-likeness (QED) is 0.249. The van der Waals surface area contributed by atoms with Gasteiger partial charge < -0.3 is 15.0 Å². The van der Waals surface area contributed by atoms with Crippen molar-refractivity contribution in [2.45, 2.75) is 39.7 Å². The molecule has 2 N–H and O–H groups in total. The fourth-order valence-corrected chi connectivity index (χ4v) is 4.60. The van der Waals surface area contributed by atoms with Crippen LogP contribution < -0.4 is 10.5 Å². The van der Waals surface area contributed by atoms with E-state index in [0.29, 0.717) is 33.9 Å². The second-order valence-electron chi connectivity index (χ2n) is 9.59. The monoisotopic (exact) mass is 532 g/mol. The maximum absolute atomic E-state index is 13.7. The minimum atomic E-state index is -2.79. The molecule has 0 spiro atoms. The van der Waals surface area contributed by atoms with Crippen LogP contribution in [-0.2, 0) is 13.7 Å². The van der Waals surface area contributed by atoms with Gasteiger partial charge in [0.15, 0.2) is 0 Å². The Labute approximate surface area is 223 Å². The van der Waals surface area contributed by atoms with Crippen molar-refractivity contribution < 1.29 is 17.9 Å². The Bertz CT molecular complexity index is 1660. The molecule has 0 aliphatic rings. The first-order valence-corrected chi connectivity index (χ1v) is 12.4. The van der Waals surface area contributed by atoms with Gasteiger partial charge in [-0.3, -0.25) is 4.98 Å². The molecule has 0 saturated heterocycles. The topological polar surface area (TPSA) is 91.7 Å². The zero-order valence-electron chi connectivity index (χ0n) is 21.9. The van der Waals surface area contributed by atoms with Gasteiger partial charge in [-0.05, 0) is 66.4 Å². The summed E-state index contributed by atoms with van der Waals surface area (Å²) in [4.78, 5) is 17.5. The van der Waals surface area contributed by atoms with Gasteiger partial charge in [-0.25, -0.2) is 23.1 Å². The van der Waals surface area contributed by atoms with Crippen LogP contribution in [0.5, 0.6) is 5.88 Å². The van der Waals surface area contributed by atoms with E-state index in [1.165, 1.54) is 30.3 Å². The SMILES string of the molecule is Cc1cc(-c2c(OCc3nc4c(C(C)C)cccc4n3C)nc(N)nc2-c2ccc(F)cc2)cc(C(F)F)n1. The molecule has 0 radical (unpaired) electrons. The number of rotatable bonds is 7. The number of imidazole rings is 1. The van der Waals surface area contributed by atoms with Crippen molar-refractivity contribution in [3.63, 3.8) is 0 Å². The smallest absolute Gasteiger partial charge is 0.280 e. The first-order valence-electron chi connectivity index (χ1n) is 12.4. The average molecular weight is 533 g/mol. The van der Waals surface area contributed by atoms with Crippen LogP contribution in [-0.4, -0.2) is 24.5 Å². The molecule has 0 fully saturated rings. The zero-order chi connectivity index (χ0) is 27.8. The van der Waals surface area contributed by atoms with Crippen LogP contribution in [0.25, 0.3) is 33.4 Å². The number of para-hydroxylation sites is 1. The van der Waals surface area contributed by atoms with E-state index in [2.05, 4.69) is 34.9 Å². The third kappa shape index (κ3) is 5.14. The van der Waals surface area contributed by atoms with Crippen LogP contribution in [0.1, 0.15) is 49.0 Å².